The molecule has 0 aliphatic carbocycles. The topological polar surface area (TPSA) is 66.0 Å². The maximum absolute atomic E-state index is 10.7. The van der Waals surface area contributed by atoms with Gasteiger partial charge in [-0.1, -0.05) is 5.92 Å². The van der Waals surface area contributed by atoms with Crippen LogP contribution in [0, 0.1) is 12.3 Å². The molecule has 4 nitrogen and oxygen atoms in total. The van der Waals surface area contributed by atoms with Crippen molar-refractivity contribution in [2.24, 2.45) is 0 Å². The number of hydrogen-bond acceptors (Lipinski definition) is 2. The Kier molecular flexibility index (Phi) is 1.72. The van der Waals surface area contributed by atoms with Gasteiger partial charge < -0.3 is 5.11 Å². The van der Waals surface area contributed by atoms with Gasteiger partial charge in [0.15, 0.2) is 5.69 Å². The lowest BCUT2D eigenvalue weighted by atomic mass is 10.1. The summed E-state index contributed by atoms with van der Waals surface area (Å²) in [5.41, 5.74) is 1.31. The van der Waals surface area contributed by atoms with Crippen molar-refractivity contribution < 1.29 is 9.90 Å². The molecular formula is C10H6N2O2. The number of carboxylic acid groups (broad SMARTS) is 1. The summed E-state index contributed by atoms with van der Waals surface area (Å²) in [5, 5.41) is 15.6. The molecule has 0 radical (unpaired) electrons. The van der Waals surface area contributed by atoms with Crippen LogP contribution in [0.3, 0.4) is 0 Å². The molecule has 2 aromatic rings. The molecule has 0 saturated heterocycles. The molecule has 0 amide bonds. The van der Waals surface area contributed by atoms with Crippen molar-refractivity contribution in [1.29, 1.82) is 0 Å². The molecule has 2 N–H and O–H groups in total. The Bertz CT molecular complexity index is 549. The highest BCUT2D eigenvalue weighted by atomic mass is 16.4. The molecule has 68 valence electrons. The normalized spacial score (nSPS) is 9.93. The van der Waals surface area contributed by atoms with E-state index in [-0.39, 0.29) is 5.69 Å². The fourth-order valence-corrected chi connectivity index (χ4v) is 1.27. The molecule has 0 aliphatic rings. The number of benzene rings is 1. The second-order valence-corrected chi connectivity index (χ2v) is 2.78. The minimum Gasteiger partial charge on any atom is -0.476 e. The second kappa shape index (κ2) is 2.89. The van der Waals surface area contributed by atoms with Crippen molar-refractivity contribution in [2.75, 3.05) is 0 Å². The van der Waals surface area contributed by atoms with Crippen LogP contribution < -0.4 is 0 Å². The van der Waals surface area contributed by atoms with Crippen LogP contribution in [-0.2, 0) is 0 Å². The van der Waals surface area contributed by atoms with Gasteiger partial charge in [-0.15, -0.1) is 6.42 Å². The SMILES string of the molecule is C#Cc1ccc2[nH]nc(C(=O)O)c2c1. The lowest BCUT2D eigenvalue weighted by Gasteiger charge is -1.91. The Balaban J connectivity index is 2.77. The second-order valence-electron chi connectivity index (χ2n) is 2.78. The first-order valence-corrected chi connectivity index (χ1v) is 3.90. The molecule has 1 heterocycles. The van der Waals surface area contributed by atoms with Gasteiger partial charge in [0, 0.05) is 10.9 Å². The monoisotopic (exact) mass is 186 g/mol. The predicted molar refractivity (Wildman–Crippen MR) is 51.0 cm³/mol. The lowest BCUT2D eigenvalue weighted by molar-refractivity contribution is 0.0692. The average Bonchev–Trinajstić information content (AvgIpc) is 2.59. The Morgan fingerprint density at radius 3 is 3.00 bits per heavy atom. The fourth-order valence-electron chi connectivity index (χ4n) is 1.27. The van der Waals surface area contributed by atoms with E-state index in [0.717, 1.165) is 0 Å². The first-order chi connectivity index (χ1) is 6.72. The van der Waals surface area contributed by atoms with E-state index in [1.54, 1.807) is 18.2 Å². The zero-order chi connectivity index (χ0) is 10.1. The number of terminal acetylenes is 1. The molecule has 0 fully saturated rings. The van der Waals surface area contributed by atoms with Gasteiger partial charge in [-0.2, -0.15) is 5.10 Å². The fraction of sp³-hybridized carbons (Fsp3) is 0. The number of aromatic amines is 1. The van der Waals surface area contributed by atoms with Crippen LogP contribution in [0.4, 0.5) is 0 Å². The minimum atomic E-state index is -1.06. The highest BCUT2D eigenvalue weighted by Crippen LogP contribution is 2.17. The van der Waals surface area contributed by atoms with E-state index in [9.17, 15) is 4.79 Å². The van der Waals surface area contributed by atoms with Crippen LogP contribution in [0.1, 0.15) is 16.1 Å². The van der Waals surface area contributed by atoms with Gasteiger partial charge in [-0.3, -0.25) is 5.10 Å². The van der Waals surface area contributed by atoms with E-state index in [0.29, 0.717) is 16.5 Å². The molecule has 0 spiro atoms. The van der Waals surface area contributed by atoms with Crippen LogP contribution in [0.5, 0.6) is 0 Å². The van der Waals surface area contributed by atoms with E-state index in [1.807, 2.05) is 0 Å². The van der Waals surface area contributed by atoms with Crippen molar-refractivity contribution >= 4 is 16.9 Å². The largest absolute Gasteiger partial charge is 0.476 e. The molecule has 0 atom stereocenters. The maximum Gasteiger partial charge on any atom is 0.357 e. The van der Waals surface area contributed by atoms with E-state index in [1.165, 1.54) is 0 Å². The quantitative estimate of drug-likeness (QED) is 0.658. The molecule has 1 aromatic carbocycles. The highest BCUT2D eigenvalue weighted by molar-refractivity contribution is 6.01. The lowest BCUT2D eigenvalue weighted by Crippen LogP contribution is -1.96. The molecular weight excluding hydrogens is 180 g/mol. The minimum absolute atomic E-state index is 0.00269. The molecule has 2 rings (SSSR count). The van der Waals surface area contributed by atoms with Gasteiger partial charge in [-0.25, -0.2) is 4.79 Å². The van der Waals surface area contributed by atoms with Crippen LogP contribution in [0.25, 0.3) is 10.9 Å². The standard InChI is InChI=1S/C10H6N2O2/c1-2-6-3-4-8-7(5-6)9(10(13)14)12-11-8/h1,3-5H,(H,11,12)(H,13,14). The first kappa shape index (κ1) is 8.32. The molecule has 0 unspecified atom stereocenters. The third-order valence-electron chi connectivity index (χ3n) is 1.93. The number of carbonyl (C=O) groups is 1. The van der Waals surface area contributed by atoms with Crippen LogP contribution in [-0.4, -0.2) is 21.3 Å². The number of hydrogen-bond donors (Lipinski definition) is 2. The Morgan fingerprint density at radius 2 is 2.36 bits per heavy atom. The summed E-state index contributed by atoms with van der Waals surface area (Å²) in [6.07, 6.45) is 5.21. The number of H-pyrrole nitrogens is 1. The number of aromatic nitrogens is 2. The van der Waals surface area contributed by atoms with Crippen molar-refractivity contribution in [2.45, 2.75) is 0 Å². The average molecular weight is 186 g/mol. The summed E-state index contributed by atoms with van der Waals surface area (Å²) in [6, 6.07) is 5.07. The Hall–Kier alpha value is -2.28. The zero-order valence-corrected chi connectivity index (χ0v) is 7.11. The van der Waals surface area contributed by atoms with E-state index in [2.05, 4.69) is 16.1 Å². The highest BCUT2D eigenvalue weighted by Gasteiger charge is 2.12. The summed E-state index contributed by atoms with van der Waals surface area (Å²) in [7, 11) is 0. The number of nitrogens with zero attached hydrogens (tertiary/aromatic N) is 1. The van der Waals surface area contributed by atoms with Crippen LogP contribution in [0.2, 0.25) is 0 Å². The number of aromatic carboxylic acids is 1. The van der Waals surface area contributed by atoms with Gasteiger partial charge in [0.1, 0.15) is 0 Å². The molecule has 0 bridgehead atoms. The van der Waals surface area contributed by atoms with Gasteiger partial charge in [0.05, 0.1) is 5.52 Å². The molecule has 0 saturated carbocycles. The Labute approximate surface area is 79.6 Å². The van der Waals surface area contributed by atoms with Crippen LogP contribution in [0.15, 0.2) is 18.2 Å². The van der Waals surface area contributed by atoms with Gasteiger partial charge in [0.25, 0.3) is 0 Å². The summed E-state index contributed by atoms with van der Waals surface area (Å²) < 4.78 is 0. The molecule has 4 heteroatoms. The Morgan fingerprint density at radius 1 is 1.57 bits per heavy atom. The number of carboxylic acids is 1. The smallest absolute Gasteiger partial charge is 0.357 e. The summed E-state index contributed by atoms with van der Waals surface area (Å²) in [6.45, 7) is 0. The molecule has 0 aliphatic heterocycles. The third kappa shape index (κ3) is 1.12. The molecule has 1 aromatic heterocycles. The van der Waals surface area contributed by atoms with Crippen molar-refractivity contribution in [1.82, 2.24) is 10.2 Å². The third-order valence-corrected chi connectivity index (χ3v) is 1.93. The van der Waals surface area contributed by atoms with Crippen molar-refractivity contribution in [3.63, 3.8) is 0 Å². The van der Waals surface area contributed by atoms with Gasteiger partial charge in [0.2, 0.25) is 0 Å². The van der Waals surface area contributed by atoms with Gasteiger partial charge in [-0.05, 0) is 18.2 Å². The number of rotatable bonds is 1. The summed E-state index contributed by atoms with van der Waals surface area (Å²) in [5.74, 6) is 1.38. The predicted octanol–water partition coefficient (Wildman–Crippen LogP) is 1.24. The molecule has 14 heavy (non-hydrogen) atoms. The maximum atomic E-state index is 10.7. The summed E-state index contributed by atoms with van der Waals surface area (Å²) in [4.78, 5) is 10.7. The number of nitrogens with one attached hydrogen (secondary N) is 1. The van der Waals surface area contributed by atoms with Crippen molar-refractivity contribution in [3.8, 4) is 12.3 Å². The van der Waals surface area contributed by atoms with Crippen LogP contribution >= 0.6 is 0 Å². The van der Waals surface area contributed by atoms with Gasteiger partial charge >= 0.3 is 5.97 Å². The first-order valence-electron chi connectivity index (χ1n) is 3.90. The van der Waals surface area contributed by atoms with E-state index >= 15 is 0 Å². The van der Waals surface area contributed by atoms with E-state index < -0.39 is 5.97 Å². The van der Waals surface area contributed by atoms with Crippen molar-refractivity contribution in [3.05, 3.63) is 29.5 Å². The van der Waals surface area contributed by atoms with E-state index in [4.69, 9.17) is 11.5 Å². The summed E-state index contributed by atoms with van der Waals surface area (Å²) >= 11 is 0. The number of fused-ring (bicyclic) bond motifs is 1. The zero-order valence-electron chi connectivity index (χ0n) is 7.11.